The van der Waals surface area contributed by atoms with Crippen LogP contribution in [0.1, 0.15) is 34.2 Å². The number of methoxy groups -OCH3 is 6. The molecule has 0 radical (unpaired) electrons. The van der Waals surface area contributed by atoms with E-state index < -0.39 is 52.7 Å². The number of thioether (sulfide) groups is 2. The maximum absolute atomic E-state index is 14.6. The second kappa shape index (κ2) is 26.3. The van der Waals surface area contributed by atoms with Crippen LogP contribution < -0.4 is 44.4 Å². The SMILES string of the molecule is COc1cc(OC)c(CSC(=O)C[C@H](NC(=O)[C@H](Cc2ccccc2)NC(=O)[C@H](Cc2ccccc2)NC(=O)OCc2ccccc2)C(=O)SCc2c(OC)cc(OC)cc2OC)c(OC)c1. The molecule has 5 rings (SSSR count). The van der Waals surface area contributed by atoms with Crippen LogP contribution in [0, 0.1) is 0 Å². The fourth-order valence-electron chi connectivity index (χ4n) is 6.83. The predicted molar refractivity (Wildman–Crippen MR) is 257 cm³/mol. The number of ether oxygens (including phenoxy) is 7. The first-order valence-corrected chi connectivity index (χ1v) is 23.0. The summed E-state index contributed by atoms with van der Waals surface area (Å²) in [6, 6.07) is 30.0. The molecule has 5 aromatic rings. The number of benzene rings is 5. The van der Waals surface area contributed by atoms with Gasteiger partial charge in [0.2, 0.25) is 16.9 Å². The summed E-state index contributed by atoms with van der Waals surface area (Å²) in [6.07, 6.45) is -1.18. The summed E-state index contributed by atoms with van der Waals surface area (Å²) in [7, 11) is 8.94. The Morgan fingerprint density at radius 1 is 0.478 bits per heavy atom. The van der Waals surface area contributed by atoms with Crippen LogP contribution in [0.3, 0.4) is 0 Å². The maximum Gasteiger partial charge on any atom is 0.408 e. The van der Waals surface area contributed by atoms with E-state index in [0.29, 0.717) is 51.2 Å². The zero-order valence-electron chi connectivity index (χ0n) is 38.2. The van der Waals surface area contributed by atoms with Gasteiger partial charge in [-0.3, -0.25) is 19.2 Å². The van der Waals surface area contributed by atoms with Crippen LogP contribution in [-0.4, -0.2) is 88.9 Å². The lowest BCUT2D eigenvalue weighted by Gasteiger charge is -2.25. The number of carbonyl (C=O) groups excluding carboxylic acids is 5. The van der Waals surface area contributed by atoms with Gasteiger partial charge in [0.1, 0.15) is 59.2 Å². The van der Waals surface area contributed by atoms with Gasteiger partial charge in [0.25, 0.3) is 0 Å². The van der Waals surface area contributed by atoms with E-state index in [2.05, 4.69) is 16.0 Å². The molecule has 0 saturated heterocycles. The van der Waals surface area contributed by atoms with Crippen molar-refractivity contribution in [3.05, 3.63) is 143 Å². The van der Waals surface area contributed by atoms with Gasteiger partial charge in [-0.15, -0.1) is 0 Å². The van der Waals surface area contributed by atoms with Gasteiger partial charge < -0.3 is 49.1 Å². The van der Waals surface area contributed by atoms with Crippen molar-refractivity contribution < 1.29 is 57.1 Å². The zero-order valence-corrected chi connectivity index (χ0v) is 39.8. The van der Waals surface area contributed by atoms with Crippen LogP contribution in [0.15, 0.2) is 115 Å². The van der Waals surface area contributed by atoms with Crippen LogP contribution >= 0.6 is 23.5 Å². The molecule has 0 bridgehead atoms. The van der Waals surface area contributed by atoms with Crippen molar-refractivity contribution in [2.75, 3.05) is 42.7 Å². The molecule has 354 valence electrons. The molecule has 0 aliphatic heterocycles. The smallest absolute Gasteiger partial charge is 0.408 e. The van der Waals surface area contributed by atoms with Gasteiger partial charge in [-0.1, -0.05) is 115 Å². The molecule has 5 aromatic carbocycles. The van der Waals surface area contributed by atoms with E-state index in [9.17, 15) is 24.0 Å². The number of amides is 3. The lowest BCUT2D eigenvalue weighted by Crippen LogP contribution is -2.57. The van der Waals surface area contributed by atoms with Gasteiger partial charge >= 0.3 is 6.09 Å². The van der Waals surface area contributed by atoms with E-state index in [0.717, 1.165) is 34.7 Å². The highest BCUT2D eigenvalue weighted by atomic mass is 32.2. The maximum atomic E-state index is 14.6. The molecule has 17 heteroatoms. The fourth-order valence-corrected chi connectivity index (χ4v) is 8.61. The highest BCUT2D eigenvalue weighted by molar-refractivity contribution is 8.13. The summed E-state index contributed by atoms with van der Waals surface area (Å²) in [5.41, 5.74) is 3.31. The lowest BCUT2D eigenvalue weighted by molar-refractivity contribution is -0.131. The Labute approximate surface area is 398 Å². The number of hydrogen-bond donors (Lipinski definition) is 3. The van der Waals surface area contributed by atoms with Crippen LogP contribution in [0.5, 0.6) is 34.5 Å². The van der Waals surface area contributed by atoms with Gasteiger partial charge in [-0.2, -0.15) is 0 Å². The topological polar surface area (TPSA) is 186 Å². The molecule has 3 atom stereocenters. The van der Waals surface area contributed by atoms with Gasteiger partial charge in [0.15, 0.2) is 5.12 Å². The summed E-state index contributed by atoms with van der Waals surface area (Å²) in [4.78, 5) is 70.3. The molecular formula is C50H55N3O12S2. The molecule has 0 heterocycles. The third-order valence-electron chi connectivity index (χ3n) is 10.4. The Hall–Kier alpha value is -6.85. The van der Waals surface area contributed by atoms with E-state index in [4.69, 9.17) is 33.2 Å². The lowest BCUT2D eigenvalue weighted by atomic mass is 10.0. The van der Waals surface area contributed by atoms with Crippen molar-refractivity contribution in [2.24, 2.45) is 0 Å². The summed E-state index contributed by atoms with van der Waals surface area (Å²) in [5, 5.41) is 7.32. The number of carbonyl (C=O) groups is 5. The molecule has 0 aliphatic carbocycles. The van der Waals surface area contributed by atoms with Gasteiger partial charge in [0, 0.05) is 66.2 Å². The summed E-state index contributed by atoms with van der Waals surface area (Å²) < 4.78 is 38.6. The van der Waals surface area contributed by atoms with Crippen molar-refractivity contribution in [1.29, 1.82) is 0 Å². The number of nitrogens with one attached hydrogen (secondary N) is 3. The highest BCUT2D eigenvalue weighted by Gasteiger charge is 2.32. The first-order valence-electron chi connectivity index (χ1n) is 21.0. The molecule has 3 amide bonds. The Bertz CT molecular complexity index is 2380. The normalized spacial score (nSPS) is 12.0. The van der Waals surface area contributed by atoms with Crippen molar-refractivity contribution in [2.45, 2.75) is 55.5 Å². The highest BCUT2D eigenvalue weighted by Crippen LogP contribution is 2.38. The number of hydrogen-bond acceptors (Lipinski definition) is 14. The van der Waals surface area contributed by atoms with Crippen molar-refractivity contribution >= 4 is 51.7 Å². The summed E-state index contributed by atoms with van der Waals surface area (Å²) in [6.45, 7) is -0.0327. The first-order chi connectivity index (χ1) is 32.5. The molecule has 0 fully saturated rings. The second-order valence-corrected chi connectivity index (χ2v) is 16.8. The minimum Gasteiger partial charge on any atom is -0.496 e. The standard InChI is InChI=1S/C50H55N3O12S2/c1-59-35-24-42(61-3)37(43(25-35)62-4)30-66-46(54)28-41(49(57)67-31-38-44(63-5)26-36(60-2)27-45(38)64-6)52-47(55)39(22-32-16-10-7-11-17-32)51-48(56)40(23-33-18-12-8-13-19-33)53-50(58)65-29-34-20-14-9-15-21-34/h7-21,24-27,39-41H,22-23,28-31H2,1-6H3,(H,51,56)(H,52,55)(H,53,58)/t39-,40-,41-/m0/s1. The van der Waals surface area contributed by atoms with Gasteiger partial charge in [0.05, 0.1) is 42.7 Å². The average Bonchev–Trinajstić information content (AvgIpc) is 3.36. The largest absolute Gasteiger partial charge is 0.496 e. The molecular weight excluding hydrogens is 899 g/mol. The predicted octanol–water partition coefficient (Wildman–Crippen LogP) is 7.10. The Morgan fingerprint density at radius 3 is 1.28 bits per heavy atom. The molecule has 0 aliphatic rings. The summed E-state index contributed by atoms with van der Waals surface area (Å²) >= 11 is 1.76. The number of rotatable bonds is 24. The van der Waals surface area contributed by atoms with Crippen molar-refractivity contribution in [3.8, 4) is 34.5 Å². The molecule has 3 N–H and O–H groups in total. The molecule has 0 saturated carbocycles. The van der Waals surface area contributed by atoms with E-state index in [1.807, 2.05) is 54.6 Å². The van der Waals surface area contributed by atoms with Crippen LogP contribution in [0.4, 0.5) is 4.79 Å². The molecule has 15 nitrogen and oxygen atoms in total. The second-order valence-electron chi connectivity index (χ2n) is 14.8. The Kier molecular flexibility index (Phi) is 20.1. The van der Waals surface area contributed by atoms with Gasteiger partial charge in [-0.05, 0) is 16.7 Å². The fraction of sp³-hybridized carbons (Fsp3) is 0.300. The van der Waals surface area contributed by atoms with Crippen LogP contribution in [-0.2, 0) is 54.9 Å². The first kappa shape index (κ1) is 51.1. The third kappa shape index (κ3) is 15.4. The van der Waals surface area contributed by atoms with Crippen LogP contribution in [0.25, 0.3) is 0 Å². The van der Waals surface area contributed by atoms with Gasteiger partial charge in [-0.25, -0.2) is 4.79 Å². The average molecular weight is 954 g/mol. The van der Waals surface area contributed by atoms with E-state index in [1.54, 1.807) is 60.7 Å². The van der Waals surface area contributed by atoms with Crippen molar-refractivity contribution in [1.82, 2.24) is 16.0 Å². The molecule has 0 spiro atoms. The van der Waals surface area contributed by atoms with Crippen LogP contribution in [0.2, 0.25) is 0 Å². The summed E-state index contributed by atoms with van der Waals surface area (Å²) in [5.74, 6) is 1.36. The molecule has 0 aromatic heterocycles. The van der Waals surface area contributed by atoms with E-state index in [-0.39, 0.29) is 31.0 Å². The Balaban J connectivity index is 1.42. The number of alkyl carbamates (subject to hydrolysis) is 1. The van der Waals surface area contributed by atoms with E-state index >= 15 is 0 Å². The van der Waals surface area contributed by atoms with Crippen molar-refractivity contribution in [3.63, 3.8) is 0 Å². The molecule has 0 unspecified atom stereocenters. The quantitative estimate of drug-likeness (QED) is 0.0569. The monoisotopic (exact) mass is 953 g/mol. The third-order valence-corrected chi connectivity index (χ3v) is 12.3. The Morgan fingerprint density at radius 2 is 0.866 bits per heavy atom. The minimum absolute atomic E-state index is 0.00295. The zero-order chi connectivity index (χ0) is 48.1. The minimum atomic E-state index is -1.37. The van der Waals surface area contributed by atoms with E-state index in [1.165, 1.54) is 42.7 Å². The molecule has 67 heavy (non-hydrogen) atoms.